The summed E-state index contributed by atoms with van der Waals surface area (Å²) in [5.74, 6) is -0.944. The molecule has 2 rings (SSSR count). The second-order valence-electron chi connectivity index (χ2n) is 5.20. The predicted octanol–water partition coefficient (Wildman–Crippen LogP) is 1.64. The number of aryl methyl sites for hydroxylation is 1. The van der Waals surface area contributed by atoms with Crippen LogP contribution < -0.4 is 5.32 Å². The molecule has 1 aromatic heterocycles. The van der Waals surface area contributed by atoms with Gasteiger partial charge in [0.2, 0.25) is 0 Å². The molecule has 7 heteroatoms. The number of carbonyl (C=O) groups excluding carboxylic acids is 1. The van der Waals surface area contributed by atoms with Crippen LogP contribution in [0.15, 0.2) is 5.38 Å². The van der Waals surface area contributed by atoms with E-state index in [0.29, 0.717) is 25.9 Å². The van der Waals surface area contributed by atoms with Gasteiger partial charge >= 0.3 is 12.0 Å². The Morgan fingerprint density at radius 3 is 2.95 bits per heavy atom. The van der Waals surface area contributed by atoms with Gasteiger partial charge in [-0.2, -0.15) is 0 Å². The second-order valence-corrected chi connectivity index (χ2v) is 6.14. The van der Waals surface area contributed by atoms with Crippen LogP contribution in [0.5, 0.6) is 0 Å². The molecule has 0 saturated carbocycles. The van der Waals surface area contributed by atoms with Crippen molar-refractivity contribution in [2.45, 2.75) is 38.6 Å². The van der Waals surface area contributed by atoms with E-state index in [9.17, 15) is 14.7 Å². The minimum Gasteiger partial charge on any atom is -0.480 e. The van der Waals surface area contributed by atoms with Crippen LogP contribution in [0.25, 0.3) is 0 Å². The Bertz CT molecular complexity index is 517. The fourth-order valence-corrected chi connectivity index (χ4v) is 3.18. The number of nitrogens with one attached hydrogen (secondary N) is 1. The number of aromatic nitrogens is 1. The van der Waals surface area contributed by atoms with Gasteiger partial charge in [0.05, 0.1) is 5.01 Å². The molecule has 20 heavy (non-hydrogen) atoms. The summed E-state index contributed by atoms with van der Waals surface area (Å²) >= 11 is 1.57. The minimum atomic E-state index is -1.08. The van der Waals surface area contributed by atoms with Crippen molar-refractivity contribution in [1.82, 2.24) is 15.2 Å². The van der Waals surface area contributed by atoms with Crippen molar-refractivity contribution in [2.24, 2.45) is 0 Å². The van der Waals surface area contributed by atoms with Gasteiger partial charge in [0, 0.05) is 30.6 Å². The van der Waals surface area contributed by atoms with Crippen LogP contribution in [-0.2, 0) is 11.2 Å². The van der Waals surface area contributed by atoms with Crippen LogP contribution in [0.3, 0.4) is 0 Å². The first-order chi connectivity index (χ1) is 9.43. The van der Waals surface area contributed by atoms with Gasteiger partial charge in [0.15, 0.2) is 0 Å². The van der Waals surface area contributed by atoms with Crippen LogP contribution in [0.1, 0.15) is 30.5 Å². The van der Waals surface area contributed by atoms with E-state index in [1.807, 2.05) is 12.3 Å². The van der Waals surface area contributed by atoms with Gasteiger partial charge in [-0.15, -0.1) is 11.3 Å². The van der Waals surface area contributed by atoms with E-state index in [-0.39, 0.29) is 6.03 Å². The lowest BCUT2D eigenvalue weighted by Crippen LogP contribution is -2.54. The van der Waals surface area contributed by atoms with Crippen molar-refractivity contribution >= 4 is 23.3 Å². The average molecular weight is 297 g/mol. The maximum absolute atomic E-state index is 12.1. The Balaban J connectivity index is 1.87. The van der Waals surface area contributed by atoms with Crippen LogP contribution in [0.4, 0.5) is 4.79 Å². The molecule has 0 spiro atoms. The highest BCUT2D eigenvalue weighted by atomic mass is 32.1. The van der Waals surface area contributed by atoms with E-state index in [1.165, 1.54) is 4.90 Å². The number of carbonyl (C=O) groups is 2. The summed E-state index contributed by atoms with van der Waals surface area (Å²) in [5, 5.41) is 15.0. The minimum absolute atomic E-state index is 0.305. The Morgan fingerprint density at radius 2 is 2.35 bits per heavy atom. The third kappa shape index (κ3) is 2.92. The van der Waals surface area contributed by atoms with E-state index in [4.69, 9.17) is 0 Å². The lowest BCUT2D eigenvalue weighted by Gasteiger charge is -2.31. The van der Waals surface area contributed by atoms with Crippen molar-refractivity contribution in [3.63, 3.8) is 0 Å². The molecule has 1 unspecified atom stereocenters. The number of aliphatic carboxylic acids is 1. The molecule has 0 radical (unpaired) electrons. The summed E-state index contributed by atoms with van der Waals surface area (Å²) in [6, 6.07) is -0.305. The smallest absolute Gasteiger partial charge is 0.329 e. The van der Waals surface area contributed by atoms with Gasteiger partial charge in [0.1, 0.15) is 5.54 Å². The monoisotopic (exact) mass is 297 g/mol. The largest absolute Gasteiger partial charge is 0.480 e. The van der Waals surface area contributed by atoms with Crippen LogP contribution in [-0.4, -0.2) is 45.6 Å². The molecule has 1 fully saturated rings. The van der Waals surface area contributed by atoms with E-state index in [0.717, 1.165) is 17.1 Å². The fraction of sp³-hybridized carbons (Fsp3) is 0.615. The molecular formula is C13H19N3O3S. The Kier molecular flexibility index (Phi) is 4.27. The van der Waals surface area contributed by atoms with Gasteiger partial charge in [-0.05, 0) is 26.7 Å². The normalized spacial score (nSPS) is 22.0. The molecule has 2 heterocycles. The number of hydrogen-bond acceptors (Lipinski definition) is 4. The summed E-state index contributed by atoms with van der Waals surface area (Å²) in [6.07, 6.45) is 1.89. The summed E-state index contributed by atoms with van der Waals surface area (Å²) < 4.78 is 0. The van der Waals surface area contributed by atoms with E-state index in [2.05, 4.69) is 10.3 Å². The molecule has 0 aliphatic carbocycles. The Labute approximate surface area is 121 Å². The van der Waals surface area contributed by atoms with Crippen LogP contribution in [0, 0.1) is 6.92 Å². The van der Waals surface area contributed by atoms with Crippen molar-refractivity contribution in [3.05, 3.63) is 16.1 Å². The third-order valence-electron chi connectivity index (χ3n) is 3.63. The number of rotatable bonds is 4. The maximum atomic E-state index is 12.1. The van der Waals surface area contributed by atoms with E-state index in [1.54, 1.807) is 18.3 Å². The summed E-state index contributed by atoms with van der Waals surface area (Å²) in [6.45, 7) is 4.50. The van der Waals surface area contributed by atoms with E-state index >= 15 is 0 Å². The molecule has 1 aromatic rings. The molecule has 0 aromatic carbocycles. The number of nitrogens with zero attached hydrogens (tertiary/aromatic N) is 2. The highest BCUT2D eigenvalue weighted by Gasteiger charge is 2.45. The molecule has 110 valence electrons. The van der Waals surface area contributed by atoms with Gasteiger partial charge in [-0.25, -0.2) is 14.6 Å². The molecule has 1 atom stereocenters. The molecule has 0 bridgehead atoms. The number of likely N-dealkylation sites (tertiary alicyclic amines) is 1. The average Bonchev–Trinajstić information content (AvgIpc) is 2.96. The number of amides is 2. The highest BCUT2D eigenvalue weighted by molar-refractivity contribution is 7.09. The standard InChI is InChI=1S/C13H19N3O3S/c1-9-8-20-10(15-9)4-6-14-12(19)16-7-3-5-13(16,2)11(17)18/h8H,3-7H2,1-2H3,(H,14,19)(H,17,18). The lowest BCUT2D eigenvalue weighted by atomic mass is 10.00. The van der Waals surface area contributed by atoms with Crippen molar-refractivity contribution in [1.29, 1.82) is 0 Å². The Morgan fingerprint density at radius 1 is 1.60 bits per heavy atom. The Hall–Kier alpha value is -1.63. The number of thiazole rings is 1. The fourth-order valence-electron chi connectivity index (χ4n) is 2.40. The summed E-state index contributed by atoms with van der Waals surface area (Å²) in [4.78, 5) is 29.1. The molecule has 6 nitrogen and oxygen atoms in total. The molecule has 2 amide bonds. The predicted molar refractivity (Wildman–Crippen MR) is 75.9 cm³/mol. The molecule has 1 aliphatic heterocycles. The van der Waals surface area contributed by atoms with Crippen LogP contribution in [0.2, 0.25) is 0 Å². The highest BCUT2D eigenvalue weighted by Crippen LogP contribution is 2.29. The van der Waals surface area contributed by atoms with Crippen molar-refractivity contribution in [3.8, 4) is 0 Å². The van der Waals surface area contributed by atoms with E-state index < -0.39 is 11.5 Å². The summed E-state index contributed by atoms with van der Waals surface area (Å²) in [5.41, 5.74) is -0.101. The first-order valence-electron chi connectivity index (χ1n) is 6.63. The zero-order valence-corrected chi connectivity index (χ0v) is 12.5. The summed E-state index contributed by atoms with van der Waals surface area (Å²) in [7, 11) is 0. The first kappa shape index (κ1) is 14.8. The van der Waals surface area contributed by atoms with Crippen molar-refractivity contribution in [2.75, 3.05) is 13.1 Å². The number of carboxylic acids is 1. The molecule has 1 aliphatic rings. The number of carboxylic acid groups (broad SMARTS) is 1. The number of hydrogen-bond donors (Lipinski definition) is 2. The number of urea groups is 1. The topological polar surface area (TPSA) is 82.5 Å². The molecule has 1 saturated heterocycles. The van der Waals surface area contributed by atoms with Gasteiger partial charge < -0.3 is 15.3 Å². The van der Waals surface area contributed by atoms with Gasteiger partial charge in [0.25, 0.3) is 0 Å². The zero-order valence-electron chi connectivity index (χ0n) is 11.7. The van der Waals surface area contributed by atoms with Crippen molar-refractivity contribution < 1.29 is 14.7 Å². The molecular weight excluding hydrogens is 278 g/mol. The van der Waals surface area contributed by atoms with Crippen LogP contribution >= 0.6 is 11.3 Å². The van der Waals surface area contributed by atoms with Gasteiger partial charge in [-0.1, -0.05) is 0 Å². The quantitative estimate of drug-likeness (QED) is 0.885. The third-order valence-corrected chi connectivity index (χ3v) is 4.66. The zero-order chi connectivity index (χ0) is 14.8. The molecule has 2 N–H and O–H groups in total. The SMILES string of the molecule is Cc1csc(CCNC(=O)N2CCCC2(C)C(=O)O)n1. The van der Waals surface area contributed by atoms with Gasteiger partial charge in [-0.3, -0.25) is 0 Å². The lowest BCUT2D eigenvalue weighted by molar-refractivity contribution is -0.147. The second kappa shape index (κ2) is 5.78. The maximum Gasteiger partial charge on any atom is 0.329 e. The first-order valence-corrected chi connectivity index (χ1v) is 7.51.